The van der Waals surface area contributed by atoms with Crippen molar-refractivity contribution in [2.45, 2.75) is 25.5 Å². The first kappa shape index (κ1) is 16.5. The van der Waals surface area contributed by atoms with Gasteiger partial charge in [-0.2, -0.15) is 5.10 Å². The number of hydrogen-bond acceptors (Lipinski definition) is 4. The zero-order valence-corrected chi connectivity index (χ0v) is 14.5. The average molecular weight is 337 g/mol. The standard InChI is InChI=1S/C19H19N3OS/c1-13-8-10-16(11-9-13)14(2)21-22-19-20-18(23)17(24-19)12-15-6-4-3-5-7-15/h3-11,17H,12H2,1-2H3,(H,20,22,23)/b21-14+. The van der Waals surface area contributed by atoms with E-state index in [1.54, 1.807) is 0 Å². The van der Waals surface area contributed by atoms with E-state index < -0.39 is 0 Å². The van der Waals surface area contributed by atoms with E-state index in [-0.39, 0.29) is 11.2 Å². The van der Waals surface area contributed by atoms with Crippen molar-refractivity contribution in [1.29, 1.82) is 0 Å². The van der Waals surface area contributed by atoms with E-state index >= 15 is 0 Å². The highest BCUT2D eigenvalue weighted by Gasteiger charge is 2.30. The maximum Gasteiger partial charge on any atom is 0.239 e. The molecule has 1 aliphatic heterocycles. The van der Waals surface area contributed by atoms with Crippen molar-refractivity contribution in [3.05, 3.63) is 71.3 Å². The van der Waals surface area contributed by atoms with Gasteiger partial charge in [-0.15, -0.1) is 5.10 Å². The van der Waals surface area contributed by atoms with Crippen molar-refractivity contribution < 1.29 is 4.79 Å². The van der Waals surface area contributed by atoms with Crippen LogP contribution in [0.3, 0.4) is 0 Å². The number of amidine groups is 1. The maximum atomic E-state index is 12.1. The first-order valence-corrected chi connectivity index (χ1v) is 8.70. The Labute approximate surface area is 146 Å². The Bertz CT molecular complexity index is 782. The van der Waals surface area contributed by atoms with Gasteiger partial charge in [0, 0.05) is 0 Å². The van der Waals surface area contributed by atoms with Gasteiger partial charge in [-0.1, -0.05) is 71.9 Å². The van der Waals surface area contributed by atoms with Gasteiger partial charge in [0.2, 0.25) is 5.91 Å². The number of aryl methyl sites for hydroxylation is 1. The van der Waals surface area contributed by atoms with Crippen molar-refractivity contribution in [3.63, 3.8) is 0 Å². The van der Waals surface area contributed by atoms with Crippen LogP contribution in [0.2, 0.25) is 0 Å². The summed E-state index contributed by atoms with van der Waals surface area (Å²) >= 11 is 1.44. The van der Waals surface area contributed by atoms with Crippen LogP contribution in [0.15, 0.2) is 64.8 Å². The lowest BCUT2D eigenvalue weighted by Gasteiger charge is -2.04. The second kappa shape index (κ2) is 7.45. The third-order valence-electron chi connectivity index (χ3n) is 3.80. The Morgan fingerprint density at radius 2 is 1.83 bits per heavy atom. The highest BCUT2D eigenvalue weighted by molar-refractivity contribution is 8.15. The summed E-state index contributed by atoms with van der Waals surface area (Å²) in [6.07, 6.45) is 0.691. The summed E-state index contributed by atoms with van der Waals surface area (Å²) < 4.78 is 0. The molecule has 1 aliphatic rings. The van der Waals surface area contributed by atoms with Crippen molar-refractivity contribution in [1.82, 2.24) is 5.32 Å². The Hall–Kier alpha value is -2.40. The van der Waals surface area contributed by atoms with Gasteiger partial charge in [0.05, 0.1) is 11.0 Å². The van der Waals surface area contributed by atoms with Crippen LogP contribution in [0, 0.1) is 6.92 Å². The molecular weight excluding hydrogens is 318 g/mol. The van der Waals surface area contributed by atoms with E-state index in [9.17, 15) is 4.79 Å². The van der Waals surface area contributed by atoms with Crippen LogP contribution < -0.4 is 5.32 Å². The summed E-state index contributed by atoms with van der Waals surface area (Å²) in [5.41, 5.74) is 4.20. The average Bonchev–Trinajstić information content (AvgIpc) is 2.94. The zero-order valence-electron chi connectivity index (χ0n) is 13.7. The number of amides is 1. The van der Waals surface area contributed by atoms with E-state index in [0.29, 0.717) is 11.6 Å². The minimum atomic E-state index is -0.152. The van der Waals surface area contributed by atoms with Crippen molar-refractivity contribution in [3.8, 4) is 0 Å². The molecule has 1 heterocycles. The number of carbonyl (C=O) groups excluding carboxylic acids is 1. The number of thioether (sulfide) groups is 1. The molecule has 1 N–H and O–H groups in total. The molecule has 0 aliphatic carbocycles. The maximum absolute atomic E-state index is 12.1. The Kier molecular flexibility index (Phi) is 5.11. The first-order chi connectivity index (χ1) is 11.6. The number of carbonyl (C=O) groups is 1. The van der Waals surface area contributed by atoms with Crippen LogP contribution in [-0.2, 0) is 11.2 Å². The lowest BCUT2D eigenvalue weighted by Crippen LogP contribution is -2.25. The quantitative estimate of drug-likeness (QED) is 0.685. The molecule has 0 saturated carbocycles. The van der Waals surface area contributed by atoms with Gasteiger partial charge in [0.15, 0.2) is 5.17 Å². The molecule has 3 rings (SSSR count). The van der Waals surface area contributed by atoms with Crippen LogP contribution in [-0.4, -0.2) is 22.0 Å². The second-order valence-electron chi connectivity index (χ2n) is 5.74. The number of rotatable bonds is 4. The Balaban J connectivity index is 1.67. The fraction of sp³-hybridized carbons (Fsp3) is 0.211. The molecular formula is C19H19N3OS. The second-order valence-corrected chi connectivity index (χ2v) is 6.93. The number of nitrogens with zero attached hydrogens (tertiary/aromatic N) is 2. The number of hydrogen-bond donors (Lipinski definition) is 1. The van der Waals surface area contributed by atoms with Gasteiger partial charge in [-0.25, -0.2) is 0 Å². The summed E-state index contributed by atoms with van der Waals surface area (Å²) in [5.74, 6) is -0.00853. The summed E-state index contributed by atoms with van der Waals surface area (Å²) in [4.78, 5) is 12.1. The topological polar surface area (TPSA) is 53.8 Å². The lowest BCUT2D eigenvalue weighted by molar-refractivity contribution is -0.118. The Morgan fingerprint density at radius 1 is 1.12 bits per heavy atom. The van der Waals surface area contributed by atoms with E-state index in [1.165, 1.54) is 17.3 Å². The molecule has 4 nitrogen and oxygen atoms in total. The van der Waals surface area contributed by atoms with Gasteiger partial charge < -0.3 is 5.32 Å². The fourth-order valence-corrected chi connectivity index (χ4v) is 3.35. The van der Waals surface area contributed by atoms with Crippen LogP contribution in [0.4, 0.5) is 0 Å². The normalized spacial score (nSPS) is 19.6. The first-order valence-electron chi connectivity index (χ1n) is 7.82. The number of benzene rings is 2. The molecule has 122 valence electrons. The van der Waals surface area contributed by atoms with Gasteiger partial charge in [0.25, 0.3) is 0 Å². The zero-order chi connectivity index (χ0) is 16.9. The minimum Gasteiger partial charge on any atom is -0.303 e. The molecule has 1 unspecified atom stereocenters. The van der Waals surface area contributed by atoms with Gasteiger partial charge >= 0.3 is 0 Å². The van der Waals surface area contributed by atoms with Crippen LogP contribution in [0.1, 0.15) is 23.6 Å². The molecule has 1 saturated heterocycles. The van der Waals surface area contributed by atoms with Crippen molar-refractivity contribution in [2.24, 2.45) is 10.2 Å². The monoisotopic (exact) mass is 337 g/mol. The van der Waals surface area contributed by atoms with E-state index in [1.807, 2.05) is 68.4 Å². The third-order valence-corrected chi connectivity index (χ3v) is 4.87. The molecule has 5 heteroatoms. The molecule has 0 bridgehead atoms. The highest BCUT2D eigenvalue weighted by atomic mass is 32.2. The van der Waals surface area contributed by atoms with E-state index in [4.69, 9.17) is 0 Å². The smallest absolute Gasteiger partial charge is 0.239 e. The molecule has 0 spiro atoms. The van der Waals surface area contributed by atoms with Crippen LogP contribution in [0.25, 0.3) is 0 Å². The van der Waals surface area contributed by atoms with E-state index in [2.05, 4.69) is 15.5 Å². The molecule has 24 heavy (non-hydrogen) atoms. The Morgan fingerprint density at radius 3 is 2.54 bits per heavy atom. The van der Waals surface area contributed by atoms with Gasteiger partial charge in [0.1, 0.15) is 0 Å². The van der Waals surface area contributed by atoms with Gasteiger partial charge in [-0.3, -0.25) is 4.79 Å². The van der Waals surface area contributed by atoms with Crippen LogP contribution in [0.5, 0.6) is 0 Å². The minimum absolute atomic E-state index is 0.00853. The van der Waals surface area contributed by atoms with Crippen LogP contribution >= 0.6 is 11.8 Å². The fourth-order valence-electron chi connectivity index (χ4n) is 2.39. The van der Waals surface area contributed by atoms with Crippen molar-refractivity contribution in [2.75, 3.05) is 0 Å². The molecule has 2 aromatic carbocycles. The summed E-state index contributed by atoms with van der Waals surface area (Å²) in [5, 5.41) is 11.7. The third kappa shape index (κ3) is 4.11. The summed E-state index contributed by atoms with van der Waals surface area (Å²) in [6, 6.07) is 18.1. The largest absolute Gasteiger partial charge is 0.303 e. The summed E-state index contributed by atoms with van der Waals surface area (Å²) in [7, 11) is 0. The molecule has 1 amide bonds. The van der Waals surface area contributed by atoms with Gasteiger partial charge in [-0.05, 0) is 31.4 Å². The highest BCUT2D eigenvalue weighted by Crippen LogP contribution is 2.23. The molecule has 0 radical (unpaired) electrons. The lowest BCUT2D eigenvalue weighted by atomic mass is 10.1. The summed E-state index contributed by atoms with van der Waals surface area (Å²) in [6.45, 7) is 3.96. The molecule has 2 aromatic rings. The molecule has 1 fully saturated rings. The SMILES string of the molecule is C/C(=N\N=C1/NC(=O)C(Cc2ccccc2)S1)c1ccc(C)cc1. The molecule has 1 atom stereocenters. The molecule has 0 aromatic heterocycles. The number of nitrogens with one attached hydrogen (secondary N) is 1. The predicted octanol–water partition coefficient (Wildman–Crippen LogP) is 3.55. The van der Waals surface area contributed by atoms with Crippen molar-refractivity contribution >= 4 is 28.5 Å². The predicted molar refractivity (Wildman–Crippen MR) is 100 cm³/mol. The van der Waals surface area contributed by atoms with E-state index in [0.717, 1.165) is 16.8 Å².